The first kappa shape index (κ1) is 13.5. The first-order chi connectivity index (χ1) is 9.00. The number of nitrogens with zero attached hydrogens (tertiary/aromatic N) is 3. The number of pyridine rings is 1. The van der Waals surface area contributed by atoms with Crippen LogP contribution in [-0.4, -0.2) is 33.6 Å². The number of thiocarbonyl (C=S) groups is 1. The minimum atomic E-state index is -3.78. The summed E-state index contributed by atoms with van der Waals surface area (Å²) in [5, 5.41) is 6.16. The van der Waals surface area contributed by atoms with Crippen molar-refractivity contribution in [1.29, 1.82) is 0 Å². The molecule has 100 valence electrons. The fraction of sp³-hybridized carbons (Fsp3) is 0.111. The fourth-order valence-corrected chi connectivity index (χ4v) is 2.73. The molecule has 0 bridgehead atoms. The van der Waals surface area contributed by atoms with Crippen molar-refractivity contribution in [3.05, 3.63) is 36.2 Å². The molecule has 8 nitrogen and oxygen atoms in total. The monoisotopic (exact) mass is 298 g/mol. The quantitative estimate of drug-likeness (QED) is 0.624. The average Bonchev–Trinajstić information content (AvgIpc) is 2.89. The van der Waals surface area contributed by atoms with Gasteiger partial charge in [0.25, 0.3) is 0 Å². The van der Waals surface area contributed by atoms with Gasteiger partial charge in [0, 0.05) is 6.20 Å². The molecule has 0 aliphatic rings. The van der Waals surface area contributed by atoms with E-state index in [1.807, 2.05) is 0 Å². The molecule has 2 aromatic rings. The fourth-order valence-electron chi connectivity index (χ4n) is 1.35. The van der Waals surface area contributed by atoms with Gasteiger partial charge in [0.2, 0.25) is 10.0 Å². The summed E-state index contributed by atoms with van der Waals surface area (Å²) in [5.74, 6) is 0.393. The highest BCUT2D eigenvalue weighted by Crippen LogP contribution is 2.12. The second kappa shape index (κ2) is 5.38. The van der Waals surface area contributed by atoms with Gasteiger partial charge in [0.1, 0.15) is 27.7 Å². The lowest BCUT2D eigenvalue weighted by Crippen LogP contribution is -2.27. The smallest absolute Gasteiger partial charge is 0.243 e. The maximum atomic E-state index is 12.1. The summed E-state index contributed by atoms with van der Waals surface area (Å²) in [7, 11) is -3.78. The van der Waals surface area contributed by atoms with E-state index in [1.54, 1.807) is 0 Å². The Labute approximate surface area is 114 Å². The van der Waals surface area contributed by atoms with Gasteiger partial charge in [0.15, 0.2) is 0 Å². The highest BCUT2D eigenvalue weighted by atomic mass is 32.2. The Balaban J connectivity index is 2.27. The second-order valence-electron chi connectivity index (χ2n) is 3.47. The van der Waals surface area contributed by atoms with Gasteiger partial charge < -0.3 is 5.73 Å². The number of H-pyrrole nitrogens is 1. The Morgan fingerprint density at radius 3 is 2.89 bits per heavy atom. The molecule has 19 heavy (non-hydrogen) atoms. The Kier molecular flexibility index (Phi) is 3.83. The molecular formula is C9H10N6O2S2. The summed E-state index contributed by atoms with van der Waals surface area (Å²) in [4.78, 5) is 7.53. The summed E-state index contributed by atoms with van der Waals surface area (Å²) in [6.45, 7) is -0.0198. The van der Waals surface area contributed by atoms with Crippen molar-refractivity contribution in [3.63, 3.8) is 0 Å². The number of aromatic nitrogens is 4. The Hall–Kier alpha value is -1.91. The van der Waals surface area contributed by atoms with Gasteiger partial charge in [-0.15, -0.1) is 0 Å². The predicted molar refractivity (Wildman–Crippen MR) is 70.5 cm³/mol. The zero-order valence-electron chi connectivity index (χ0n) is 9.57. The summed E-state index contributed by atoms with van der Waals surface area (Å²) in [6, 6.07) is 2.87. The highest BCUT2D eigenvalue weighted by Gasteiger charge is 2.20. The van der Waals surface area contributed by atoms with Crippen molar-refractivity contribution in [2.75, 3.05) is 0 Å². The third-order valence-corrected chi connectivity index (χ3v) is 3.81. The standard InChI is InChI=1S/C9H10N6O2S2/c10-9(18)8-6(2-1-3-11-8)19(16,17)14-4-7-12-5-13-15-7/h1-3,5,14H,4H2,(H2,10,18)(H,12,13,15). The van der Waals surface area contributed by atoms with Gasteiger partial charge in [-0.2, -0.15) is 5.10 Å². The topological polar surface area (TPSA) is 127 Å². The SMILES string of the molecule is NC(=S)c1ncccc1S(=O)(=O)NCc1ncn[nH]1. The number of sulfonamides is 1. The minimum absolute atomic E-state index is 0.0198. The predicted octanol–water partition coefficient (Wildman–Crippen LogP) is -0.688. The zero-order chi connectivity index (χ0) is 13.9. The van der Waals surface area contributed by atoms with Crippen LogP contribution in [0.4, 0.5) is 0 Å². The van der Waals surface area contributed by atoms with E-state index in [0.717, 1.165) is 0 Å². The summed E-state index contributed by atoms with van der Waals surface area (Å²) in [6.07, 6.45) is 2.71. The summed E-state index contributed by atoms with van der Waals surface area (Å²) < 4.78 is 26.6. The van der Waals surface area contributed by atoms with Gasteiger partial charge in [-0.1, -0.05) is 12.2 Å². The Morgan fingerprint density at radius 1 is 1.47 bits per heavy atom. The number of hydrogen-bond acceptors (Lipinski definition) is 6. The Bertz CT molecular complexity index is 682. The van der Waals surface area contributed by atoms with E-state index in [0.29, 0.717) is 5.82 Å². The van der Waals surface area contributed by atoms with Crippen molar-refractivity contribution < 1.29 is 8.42 Å². The maximum absolute atomic E-state index is 12.1. The van der Waals surface area contributed by atoms with Crippen LogP contribution in [0.3, 0.4) is 0 Å². The van der Waals surface area contributed by atoms with Crippen molar-refractivity contribution in [2.24, 2.45) is 5.73 Å². The minimum Gasteiger partial charge on any atom is -0.388 e. The van der Waals surface area contributed by atoms with Crippen LogP contribution in [0.25, 0.3) is 0 Å². The number of hydrogen-bond donors (Lipinski definition) is 3. The molecule has 10 heteroatoms. The van der Waals surface area contributed by atoms with Crippen LogP contribution < -0.4 is 10.5 Å². The molecule has 0 spiro atoms. The van der Waals surface area contributed by atoms with E-state index in [2.05, 4.69) is 24.9 Å². The first-order valence-electron chi connectivity index (χ1n) is 5.09. The van der Waals surface area contributed by atoms with E-state index in [9.17, 15) is 8.42 Å². The largest absolute Gasteiger partial charge is 0.388 e. The number of nitrogens with two attached hydrogens (primary N) is 1. The number of rotatable bonds is 5. The lowest BCUT2D eigenvalue weighted by atomic mass is 10.3. The first-order valence-corrected chi connectivity index (χ1v) is 6.98. The molecule has 4 N–H and O–H groups in total. The van der Waals surface area contributed by atoms with Gasteiger partial charge >= 0.3 is 0 Å². The van der Waals surface area contributed by atoms with E-state index in [-0.39, 0.29) is 22.1 Å². The van der Waals surface area contributed by atoms with Crippen LogP contribution in [0.2, 0.25) is 0 Å². The zero-order valence-corrected chi connectivity index (χ0v) is 11.2. The normalized spacial score (nSPS) is 11.4. The van der Waals surface area contributed by atoms with Gasteiger partial charge in [-0.25, -0.2) is 18.1 Å². The van der Waals surface area contributed by atoms with Crippen LogP contribution >= 0.6 is 12.2 Å². The van der Waals surface area contributed by atoms with Crippen LogP contribution in [0, 0.1) is 0 Å². The number of aromatic amines is 1. The third-order valence-electron chi connectivity index (χ3n) is 2.19. The molecule has 0 radical (unpaired) electrons. The van der Waals surface area contributed by atoms with Crippen molar-refractivity contribution in [1.82, 2.24) is 24.9 Å². The molecular weight excluding hydrogens is 288 g/mol. The molecule has 2 rings (SSSR count). The summed E-state index contributed by atoms with van der Waals surface area (Å²) in [5.41, 5.74) is 5.51. The van der Waals surface area contributed by atoms with Crippen molar-refractivity contribution >= 4 is 27.2 Å². The molecule has 0 aromatic carbocycles. The van der Waals surface area contributed by atoms with Gasteiger partial charge in [-0.05, 0) is 12.1 Å². The molecule has 0 saturated heterocycles. The van der Waals surface area contributed by atoms with Crippen LogP contribution in [0.5, 0.6) is 0 Å². The van der Waals surface area contributed by atoms with Crippen molar-refractivity contribution in [2.45, 2.75) is 11.4 Å². The van der Waals surface area contributed by atoms with Crippen LogP contribution in [0.1, 0.15) is 11.5 Å². The summed E-state index contributed by atoms with van der Waals surface area (Å²) >= 11 is 4.78. The molecule has 0 unspecified atom stereocenters. The second-order valence-corrected chi connectivity index (χ2v) is 5.65. The van der Waals surface area contributed by atoms with E-state index < -0.39 is 10.0 Å². The highest BCUT2D eigenvalue weighted by molar-refractivity contribution is 7.89. The Morgan fingerprint density at radius 2 is 2.26 bits per heavy atom. The molecule has 0 fully saturated rings. The third kappa shape index (κ3) is 3.10. The van der Waals surface area contributed by atoms with E-state index in [1.165, 1.54) is 24.7 Å². The van der Waals surface area contributed by atoms with E-state index in [4.69, 9.17) is 18.0 Å². The molecule has 2 aromatic heterocycles. The average molecular weight is 298 g/mol. The van der Waals surface area contributed by atoms with Crippen LogP contribution in [0.15, 0.2) is 29.6 Å². The molecule has 0 saturated carbocycles. The lowest BCUT2D eigenvalue weighted by molar-refractivity contribution is 0.578. The lowest BCUT2D eigenvalue weighted by Gasteiger charge is -2.08. The molecule has 2 heterocycles. The molecule has 0 aliphatic carbocycles. The van der Waals surface area contributed by atoms with E-state index >= 15 is 0 Å². The maximum Gasteiger partial charge on any atom is 0.243 e. The van der Waals surface area contributed by atoms with Gasteiger partial charge in [0.05, 0.1) is 6.54 Å². The number of nitrogens with one attached hydrogen (secondary N) is 2. The molecule has 0 aliphatic heterocycles. The van der Waals surface area contributed by atoms with Crippen LogP contribution in [-0.2, 0) is 16.6 Å². The van der Waals surface area contributed by atoms with Gasteiger partial charge in [-0.3, -0.25) is 10.1 Å². The molecule has 0 amide bonds. The molecule has 0 atom stereocenters. The van der Waals surface area contributed by atoms with Crippen molar-refractivity contribution in [3.8, 4) is 0 Å².